The number of nitrogens with zero attached hydrogens (tertiary/aromatic N) is 5. The average molecular weight is 345 g/mol. The molecule has 0 atom stereocenters. The lowest BCUT2D eigenvalue weighted by Crippen LogP contribution is -2.36. The number of aromatic amines is 1. The molecular weight excluding hydrogens is 318 g/mol. The second-order valence-electron chi connectivity index (χ2n) is 6.86. The molecule has 8 nitrogen and oxygen atoms in total. The van der Waals surface area contributed by atoms with Crippen molar-refractivity contribution in [2.75, 3.05) is 23.3 Å². The van der Waals surface area contributed by atoms with Gasteiger partial charge >= 0.3 is 5.69 Å². The van der Waals surface area contributed by atoms with E-state index in [-0.39, 0.29) is 5.69 Å². The van der Waals surface area contributed by atoms with E-state index in [1.807, 2.05) is 19.2 Å². The summed E-state index contributed by atoms with van der Waals surface area (Å²) in [5.41, 5.74) is -0.113. The van der Waals surface area contributed by atoms with Gasteiger partial charge in [-0.1, -0.05) is 0 Å². The summed E-state index contributed by atoms with van der Waals surface area (Å²) in [4.78, 5) is 22.9. The lowest BCUT2D eigenvalue weighted by atomic mass is 9.93. The molecule has 0 spiro atoms. The van der Waals surface area contributed by atoms with Gasteiger partial charge in [0.05, 0.1) is 0 Å². The molecule has 3 rings (SSSR count). The first-order valence-electron chi connectivity index (χ1n) is 9.05. The van der Waals surface area contributed by atoms with E-state index < -0.39 is 0 Å². The number of hydrogen-bond acceptors (Lipinski definition) is 6. The minimum Gasteiger partial charge on any atom is -0.368 e. The first kappa shape index (κ1) is 17.4. The Labute approximate surface area is 147 Å². The zero-order valence-electron chi connectivity index (χ0n) is 15.2. The van der Waals surface area contributed by atoms with Crippen LogP contribution in [0.2, 0.25) is 0 Å². The van der Waals surface area contributed by atoms with Crippen molar-refractivity contribution >= 4 is 11.8 Å². The third-order valence-corrected chi connectivity index (χ3v) is 4.60. The van der Waals surface area contributed by atoms with Crippen LogP contribution in [0.25, 0.3) is 0 Å². The Hall–Kier alpha value is -2.38. The molecule has 1 aliphatic heterocycles. The molecule has 0 unspecified atom stereocenters. The third kappa shape index (κ3) is 4.18. The first-order chi connectivity index (χ1) is 12.1. The fraction of sp³-hybridized carbons (Fsp3) is 0.647. The van der Waals surface area contributed by atoms with Crippen molar-refractivity contribution in [3.63, 3.8) is 0 Å². The predicted octanol–water partition coefficient (Wildman–Crippen LogP) is 1.66. The topological polar surface area (TPSA) is 91.7 Å². The molecule has 0 aliphatic carbocycles. The Morgan fingerprint density at radius 2 is 2.12 bits per heavy atom. The maximum absolute atomic E-state index is 11.7. The van der Waals surface area contributed by atoms with Crippen molar-refractivity contribution in [2.45, 2.75) is 52.6 Å². The molecule has 136 valence electrons. The number of H-pyrrole nitrogens is 1. The highest BCUT2D eigenvalue weighted by Crippen LogP contribution is 2.23. The fourth-order valence-corrected chi connectivity index (χ4v) is 3.30. The van der Waals surface area contributed by atoms with Crippen LogP contribution in [-0.4, -0.2) is 43.9 Å². The zero-order valence-corrected chi connectivity index (χ0v) is 15.2. The number of aromatic nitrogens is 5. The van der Waals surface area contributed by atoms with Crippen LogP contribution in [0.15, 0.2) is 17.1 Å². The van der Waals surface area contributed by atoms with E-state index in [2.05, 4.69) is 44.2 Å². The van der Waals surface area contributed by atoms with Gasteiger partial charge in [-0.2, -0.15) is 10.1 Å². The normalized spacial score (nSPS) is 15.8. The number of rotatable bonds is 6. The Morgan fingerprint density at radius 1 is 1.36 bits per heavy atom. The van der Waals surface area contributed by atoms with Crippen LogP contribution in [-0.2, 0) is 13.0 Å². The van der Waals surface area contributed by atoms with Crippen molar-refractivity contribution in [2.24, 2.45) is 5.92 Å². The van der Waals surface area contributed by atoms with Gasteiger partial charge in [-0.05, 0) is 45.6 Å². The number of hydrogen-bond donors (Lipinski definition) is 2. The Bertz CT molecular complexity index is 743. The van der Waals surface area contributed by atoms with Gasteiger partial charge in [-0.25, -0.2) is 14.9 Å². The molecule has 8 heteroatoms. The van der Waals surface area contributed by atoms with E-state index in [1.165, 1.54) is 0 Å². The Balaban J connectivity index is 1.59. The van der Waals surface area contributed by atoms with Crippen molar-refractivity contribution in [3.8, 4) is 0 Å². The summed E-state index contributed by atoms with van der Waals surface area (Å²) in [7, 11) is 0. The van der Waals surface area contributed by atoms with Crippen LogP contribution >= 0.6 is 0 Å². The molecule has 2 N–H and O–H groups in total. The second kappa shape index (κ2) is 7.67. The number of anilines is 2. The van der Waals surface area contributed by atoms with Crippen LogP contribution in [0.4, 0.5) is 11.8 Å². The quantitative estimate of drug-likeness (QED) is 0.827. The van der Waals surface area contributed by atoms with Crippen LogP contribution in [0.3, 0.4) is 0 Å². The van der Waals surface area contributed by atoms with Crippen LogP contribution in [0, 0.1) is 5.92 Å². The molecule has 0 aromatic carbocycles. The highest BCUT2D eigenvalue weighted by molar-refractivity contribution is 5.41. The van der Waals surface area contributed by atoms with Gasteiger partial charge in [0, 0.05) is 38.3 Å². The highest BCUT2D eigenvalue weighted by Gasteiger charge is 2.23. The van der Waals surface area contributed by atoms with Crippen LogP contribution in [0.5, 0.6) is 0 Å². The standard InChI is InChI=1S/C17H27N7O/c1-4-24-15(21-22-17(24)25)11-13-6-9-23(10-7-13)16-18-8-5-14(20-16)19-12(2)3/h5,8,12-13H,4,6-7,9-11H2,1-3H3,(H,22,25)(H,18,19,20). The zero-order chi connectivity index (χ0) is 17.8. The summed E-state index contributed by atoms with van der Waals surface area (Å²) in [6.45, 7) is 8.68. The summed E-state index contributed by atoms with van der Waals surface area (Å²) in [5.74, 6) is 3.05. The van der Waals surface area contributed by atoms with Crippen molar-refractivity contribution in [1.82, 2.24) is 24.7 Å². The monoisotopic (exact) mass is 345 g/mol. The Kier molecular flexibility index (Phi) is 5.35. The second-order valence-corrected chi connectivity index (χ2v) is 6.86. The van der Waals surface area contributed by atoms with Crippen LogP contribution < -0.4 is 15.9 Å². The van der Waals surface area contributed by atoms with E-state index in [4.69, 9.17) is 0 Å². The van der Waals surface area contributed by atoms with E-state index in [9.17, 15) is 4.79 Å². The average Bonchev–Trinajstić information content (AvgIpc) is 2.95. The van der Waals surface area contributed by atoms with E-state index in [0.717, 1.165) is 49.9 Å². The maximum atomic E-state index is 11.7. The van der Waals surface area contributed by atoms with Gasteiger partial charge in [0.25, 0.3) is 0 Å². The minimum absolute atomic E-state index is 0.113. The summed E-state index contributed by atoms with van der Waals surface area (Å²) < 4.78 is 1.72. The minimum atomic E-state index is -0.113. The molecule has 0 radical (unpaired) electrons. The smallest absolute Gasteiger partial charge is 0.343 e. The number of piperidine rings is 1. The summed E-state index contributed by atoms with van der Waals surface area (Å²) in [6.07, 6.45) is 4.75. The lowest BCUT2D eigenvalue weighted by molar-refractivity contribution is 0.388. The largest absolute Gasteiger partial charge is 0.368 e. The van der Waals surface area contributed by atoms with Gasteiger partial charge in [-0.3, -0.25) is 4.57 Å². The van der Waals surface area contributed by atoms with Gasteiger partial charge in [0.2, 0.25) is 5.95 Å². The molecule has 0 bridgehead atoms. The molecule has 0 amide bonds. The molecule has 2 aromatic heterocycles. The van der Waals surface area contributed by atoms with E-state index in [0.29, 0.717) is 18.5 Å². The van der Waals surface area contributed by atoms with Gasteiger partial charge in [0.1, 0.15) is 11.6 Å². The number of nitrogens with one attached hydrogen (secondary N) is 2. The molecule has 3 heterocycles. The van der Waals surface area contributed by atoms with Crippen molar-refractivity contribution in [1.29, 1.82) is 0 Å². The first-order valence-corrected chi connectivity index (χ1v) is 9.05. The van der Waals surface area contributed by atoms with Gasteiger partial charge in [-0.15, -0.1) is 0 Å². The molecule has 1 aliphatic rings. The molecule has 0 saturated carbocycles. The van der Waals surface area contributed by atoms with E-state index in [1.54, 1.807) is 4.57 Å². The SMILES string of the molecule is CCn1c(CC2CCN(c3nccc(NC(C)C)n3)CC2)n[nH]c1=O. The molecule has 2 aromatic rings. The van der Waals surface area contributed by atoms with Crippen molar-refractivity contribution < 1.29 is 0 Å². The van der Waals surface area contributed by atoms with Crippen molar-refractivity contribution in [3.05, 3.63) is 28.6 Å². The lowest BCUT2D eigenvalue weighted by Gasteiger charge is -2.32. The Morgan fingerprint density at radius 3 is 2.80 bits per heavy atom. The summed E-state index contributed by atoms with van der Waals surface area (Å²) in [6, 6.07) is 2.25. The van der Waals surface area contributed by atoms with Crippen LogP contribution in [0.1, 0.15) is 39.4 Å². The van der Waals surface area contributed by atoms with E-state index >= 15 is 0 Å². The van der Waals surface area contributed by atoms with Gasteiger partial charge < -0.3 is 10.2 Å². The highest BCUT2D eigenvalue weighted by atomic mass is 16.1. The summed E-state index contributed by atoms with van der Waals surface area (Å²) >= 11 is 0. The third-order valence-electron chi connectivity index (χ3n) is 4.60. The fourth-order valence-electron chi connectivity index (χ4n) is 3.30. The maximum Gasteiger partial charge on any atom is 0.343 e. The molecular formula is C17H27N7O. The molecule has 1 fully saturated rings. The molecule has 25 heavy (non-hydrogen) atoms. The predicted molar refractivity (Wildman–Crippen MR) is 98.0 cm³/mol. The summed E-state index contributed by atoms with van der Waals surface area (Å²) in [5, 5.41) is 10.0. The van der Waals surface area contributed by atoms with Gasteiger partial charge in [0.15, 0.2) is 0 Å². The molecule has 1 saturated heterocycles.